The molecule has 8 aromatic rings. The molecule has 0 bridgehead atoms. The van der Waals surface area contributed by atoms with E-state index in [4.69, 9.17) is 0 Å². The van der Waals surface area contributed by atoms with Gasteiger partial charge in [0, 0.05) is 41.9 Å². The molecule has 2 heterocycles. The molecule has 60 heavy (non-hydrogen) atoms. The molecule has 2 aromatic heterocycles. The van der Waals surface area contributed by atoms with Crippen LogP contribution in [0.4, 0.5) is 0 Å². The van der Waals surface area contributed by atoms with Crippen LogP contribution in [0.1, 0.15) is 128 Å². The van der Waals surface area contributed by atoms with E-state index in [1.54, 1.807) is 0 Å². The molecule has 0 N–H and O–H groups in total. The number of rotatable bonds is 21. The average molecular weight is 923 g/mol. The predicted molar refractivity (Wildman–Crippen MR) is 269 cm³/mol. The molecular formula is C56H62Br2N2. The quantitative estimate of drug-likeness (QED) is 0.0636. The first kappa shape index (κ1) is 42.6. The van der Waals surface area contributed by atoms with Crippen LogP contribution in [0.3, 0.4) is 0 Å². The molecule has 8 rings (SSSR count). The van der Waals surface area contributed by atoms with Crippen molar-refractivity contribution in [2.24, 2.45) is 0 Å². The molecule has 0 saturated heterocycles. The van der Waals surface area contributed by atoms with E-state index in [0.29, 0.717) is 0 Å². The fraction of sp³-hybridized carbons (Fsp3) is 0.357. The first-order valence-corrected chi connectivity index (χ1v) is 24.8. The fourth-order valence-corrected chi connectivity index (χ4v) is 10.2. The van der Waals surface area contributed by atoms with Crippen LogP contribution in [-0.2, 0) is 12.8 Å². The summed E-state index contributed by atoms with van der Waals surface area (Å²) in [7, 11) is 0. The zero-order valence-corrected chi connectivity index (χ0v) is 39.1. The van der Waals surface area contributed by atoms with Crippen LogP contribution in [0, 0.1) is 0 Å². The van der Waals surface area contributed by atoms with E-state index in [9.17, 15) is 0 Å². The summed E-state index contributed by atoms with van der Waals surface area (Å²) in [6.45, 7) is 4.59. The van der Waals surface area contributed by atoms with E-state index in [0.717, 1.165) is 21.8 Å². The molecule has 0 spiro atoms. The highest BCUT2D eigenvalue weighted by atomic mass is 79.9. The molecule has 0 fully saturated rings. The van der Waals surface area contributed by atoms with Gasteiger partial charge < -0.3 is 9.13 Å². The average Bonchev–Trinajstić information content (AvgIpc) is 3.76. The summed E-state index contributed by atoms with van der Waals surface area (Å²) in [4.78, 5) is 0. The van der Waals surface area contributed by atoms with E-state index < -0.39 is 0 Å². The lowest BCUT2D eigenvalue weighted by atomic mass is 10.0. The minimum atomic E-state index is 1.11. The third-order valence-electron chi connectivity index (χ3n) is 12.8. The summed E-state index contributed by atoms with van der Waals surface area (Å²) >= 11 is 7.51. The zero-order chi connectivity index (χ0) is 41.3. The molecule has 0 saturated carbocycles. The second-order valence-corrected chi connectivity index (χ2v) is 19.1. The number of unbranched alkanes of at least 4 members (excludes halogenated alkanes) is 14. The Morgan fingerprint density at radius 2 is 0.700 bits per heavy atom. The topological polar surface area (TPSA) is 9.86 Å². The Morgan fingerprint density at radius 1 is 0.333 bits per heavy atom. The van der Waals surface area contributed by atoms with Gasteiger partial charge in [0.15, 0.2) is 0 Å². The third-order valence-corrected chi connectivity index (χ3v) is 13.8. The van der Waals surface area contributed by atoms with Crippen molar-refractivity contribution in [3.63, 3.8) is 0 Å². The van der Waals surface area contributed by atoms with Crippen LogP contribution < -0.4 is 0 Å². The van der Waals surface area contributed by atoms with Gasteiger partial charge in [-0.3, -0.25) is 0 Å². The van der Waals surface area contributed by atoms with E-state index in [1.807, 2.05) is 0 Å². The molecule has 0 amide bonds. The minimum Gasteiger partial charge on any atom is -0.309 e. The first-order valence-electron chi connectivity index (χ1n) is 23.2. The van der Waals surface area contributed by atoms with Crippen molar-refractivity contribution < 1.29 is 0 Å². The second kappa shape index (κ2) is 20.6. The van der Waals surface area contributed by atoms with Gasteiger partial charge in [0.25, 0.3) is 0 Å². The van der Waals surface area contributed by atoms with Crippen molar-refractivity contribution in [2.45, 2.75) is 129 Å². The number of halogens is 2. The summed E-state index contributed by atoms with van der Waals surface area (Å²) in [6, 6.07) is 46.1. The van der Waals surface area contributed by atoms with Crippen molar-refractivity contribution in [2.75, 3.05) is 0 Å². The van der Waals surface area contributed by atoms with Crippen LogP contribution in [0.15, 0.2) is 130 Å². The summed E-state index contributed by atoms with van der Waals surface area (Å²) < 4.78 is 7.16. The minimum absolute atomic E-state index is 1.11. The maximum Gasteiger partial charge on any atom is 0.0543 e. The second-order valence-electron chi connectivity index (χ2n) is 17.2. The summed E-state index contributed by atoms with van der Waals surface area (Å²) in [6.07, 6.45) is 23.8. The van der Waals surface area contributed by atoms with Crippen molar-refractivity contribution in [3.05, 3.63) is 141 Å². The van der Waals surface area contributed by atoms with Gasteiger partial charge in [0.2, 0.25) is 0 Å². The highest BCUT2D eigenvalue weighted by Crippen LogP contribution is 2.37. The monoisotopic (exact) mass is 920 g/mol. The standard InChI is InChI=1S/C56H62Br2N2/c1-3-5-7-9-11-13-15-17-19-41-21-33-49-51-39-45(57)27-35-53(51)59(55(49)37-41)47-29-23-43(24-30-47)44-25-31-48(32-26-44)60-54-36-28-46(58)40-52(54)50-34-22-42(38-56(50)60)20-18-16-14-12-10-8-6-4-2/h21-40H,3-20H2,1-2H3. The molecule has 0 aliphatic rings. The van der Waals surface area contributed by atoms with Gasteiger partial charge >= 0.3 is 0 Å². The van der Waals surface area contributed by atoms with E-state index in [-0.39, 0.29) is 0 Å². The maximum atomic E-state index is 3.76. The lowest BCUT2D eigenvalue weighted by Gasteiger charge is -2.12. The number of benzene rings is 6. The van der Waals surface area contributed by atoms with E-state index >= 15 is 0 Å². The first-order chi connectivity index (χ1) is 29.5. The SMILES string of the molecule is CCCCCCCCCCc1ccc2c3cc(Br)ccc3n(-c3ccc(-c4ccc(-n5c6ccc(Br)cc6c6ccc(CCCCCCCCCC)cc65)cc4)cc3)c2c1. The van der Waals surface area contributed by atoms with Crippen LogP contribution in [-0.4, -0.2) is 9.13 Å². The molecular weight excluding hydrogens is 860 g/mol. The lowest BCUT2D eigenvalue weighted by molar-refractivity contribution is 0.575. The molecule has 310 valence electrons. The van der Waals surface area contributed by atoms with Gasteiger partial charge in [-0.25, -0.2) is 0 Å². The number of aromatic nitrogens is 2. The van der Waals surface area contributed by atoms with Crippen LogP contribution >= 0.6 is 31.9 Å². The molecule has 0 aliphatic carbocycles. The van der Waals surface area contributed by atoms with Crippen LogP contribution in [0.5, 0.6) is 0 Å². The normalized spacial score (nSPS) is 11.9. The predicted octanol–water partition coefficient (Wildman–Crippen LogP) is 18.4. The van der Waals surface area contributed by atoms with E-state index in [1.165, 1.54) is 180 Å². The lowest BCUT2D eigenvalue weighted by Crippen LogP contribution is -1.96. The van der Waals surface area contributed by atoms with Crippen molar-refractivity contribution in [1.82, 2.24) is 9.13 Å². The molecule has 0 aliphatic heterocycles. The smallest absolute Gasteiger partial charge is 0.0543 e. The Morgan fingerprint density at radius 3 is 1.08 bits per heavy atom. The Bertz CT molecular complexity index is 2460. The molecule has 4 heteroatoms. The Hall–Kier alpha value is -4.12. The third kappa shape index (κ3) is 9.82. The fourth-order valence-electron chi connectivity index (χ4n) is 9.48. The van der Waals surface area contributed by atoms with Gasteiger partial charge in [-0.05, 0) is 121 Å². The Labute approximate surface area is 375 Å². The number of fused-ring (bicyclic) bond motifs is 6. The summed E-state index contributed by atoms with van der Waals surface area (Å²) in [5.74, 6) is 0. The highest BCUT2D eigenvalue weighted by molar-refractivity contribution is 9.10. The summed E-state index contributed by atoms with van der Waals surface area (Å²) in [5, 5.41) is 5.19. The van der Waals surface area contributed by atoms with Gasteiger partial charge in [0.1, 0.15) is 0 Å². The Balaban J connectivity index is 1.02. The Kier molecular flexibility index (Phi) is 14.6. The molecule has 0 atom stereocenters. The van der Waals surface area contributed by atoms with Gasteiger partial charge in [0.05, 0.1) is 22.1 Å². The van der Waals surface area contributed by atoms with Gasteiger partial charge in [-0.15, -0.1) is 0 Å². The summed E-state index contributed by atoms with van der Waals surface area (Å²) in [5.41, 5.74) is 12.8. The number of nitrogens with zero attached hydrogens (tertiary/aromatic N) is 2. The molecule has 0 radical (unpaired) electrons. The molecule has 2 nitrogen and oxygen atoms in total. The largest absolute Gasteiger partial charge is 0.309 e. The number of aryl methyl sites for hydroxylation is 2. The van der Waals surface area contributed by atoms with Crippen molar-refractivity contribution in [3.8, 4) is 22.5 Å². The molecule has 0 unspecified atom stereocenters. The highest BCUT2D eigenvalue weighted by Gasteiger charge is 2.16. The molecule has 6 aromatic carbocycles. The van der Waals surface area contributed by atoms with Crippen molar-refractivity contribution >= 4 is 75.5 Å². The number of hydrogen-bond donors (Lipinski definition) is 0. The van der Waals surface area contributed by atoms with Gasteiger partial charge in [-0.1, -0.05) is 184 Å². The number of hydrogen-bond acceptors (Lipinski definition) is 0. The van der Waals surface area contributed by atoms with E-state index in [2.05, 4.69) is 176 Å². The van der Waals surface area contributed by atoms with Gasteiger partial charge in [-0.2, -0.15) is 0 Å². The maximum absolute atomic E-state index is 3.76. The zero-order valence-electron chi connectivity index (χ0n) is 35.9. The van der Waals surface area contributed by atoms with Crippen LogP contribution in [0.2, 0.25) is 0 Å². The van der Waals surface area contributed by atoms with Crippen LogP contribution in [0.25, 0.3) is 66.1 Å². The van der Waals surface area contributed by atoms with Crippen molar-refractivity contribution in [1.29, 1.82) is 0 Å².